The lowest BCUT2D eigenvalue weighted by Crippen LogP contribution is -2.39. The average Bonchev–Trinajstić information content (AvgIpc) is 3.11. The molecule has 0 saturated carbocycles. The molecule has 96 valence electrons. The second kappa shape index (κ2) is 7.40. The third kappa shape index (κ3) is 4.93. The fourth-order valence-corrected chi connectivity index (χ4v) is 4.50. The van der Waals surface area contributed by atoms with Gasteiger partial charge in [0, 0.05) is 20.8 Å². The van der Waals surface area contributed by atoms with Crippen molar-refractivity contribution < 1.29 is 18.3 Å². The average molecular weight is 248 g/mol. The summed E-state index contributed by atoms with van der Waals surface area (Å²) in [4.78, 5) is 0. The molecule has 0 spiro atoms. The number of hydrogen-bond acceptors (Lipinski definition) is 4. The lowest BCUT2D eigenvalue weighted by Gasteiger charge is -2.26. The Bertz CT molecular complexity index is 181. The monoisotopic (exact) mass is 248 g/mol. The van der Waals surface area contributed by atoms with Gasteiger partial charge in [-0.3, -0.25) is 0 Å². The Labute approximate surface area is 99.5 Å². The molecule has 1 unspecified atom stereocenters. The van der Waals surface area contributed by atoms with E-state index in [0.29, 0.717) is 6.10 Å². The summed E-state index contributed by atoms with van der Waals surface area (Å²) >= 11 is 0. The fraction of sp³-hybridized carbons (Fsp3) is 1.00. The summed E-state index contributed by atoms with van der Waals surface area (Å²) in [7, 11) is 1.62. The van der Waals surface area contributed by atoms with Crippen molar-refractivity contribution in [1.29, 1.82) is 0 Å². The first-order chi connectivity index (χ1) is 7.76. The van der Waals surface area contributed by atoms with Gasteiger partial charge >= 0.3 is 8.56 Å². The minimum atomic E-state index is -1.92. The summed E-state index contributed by atoms with van der Waals surface area (Å²) in [5.41, 5.74) is 0. The third-order valence-corrected chi connectivity index (χ3v) is 6.79. The summed E-state index contributed by atoms with van der Waals surface area (Å²) < 4.78 is 21.8. The van der Waals surface area contributed by atoms with Crippen molar-refractivity contribution in [3.05, 3.63) is 0 Å². The first-order valence-electron chi connectivity index (χ1n) is 6.06. The van der Waals surface area contributed by atoms with Crippen LogP contribution in [0.2, 0.25) is 12.1 Å². The van der Waals surface area contributed by atoms with Crippen molar-refractivity contribution in [1.82, 2.24) is 0 Å². The highest BCUT2D eigenvalue weighted by Crippen LogP contribution is 2.21. The zero-order chi connectivity index (χ0) is 11.9. The van der Waals surface area contributed by atoms with Gasteiger partial charge in [-0.15, -0.1) is 0 Å². The van der Waals surface area contributed by atoms with Gasteiger partial charge in [0.15, 0.2) is 0 Å². The van der Waals surface area contributed by atoms with E-state index in [1.165, 1.54) is 0 Å². The highest BCUT2D eigenvalue weighted by Gasteiger charge is 2.33. The molecule has 0 aromatic heterocycles. The molecule has 1 atom stereocenters. The maximum absolute atomic E-state index is 5.60. The number of rotatable bonds is 10. The van der Waals surface area contributed by atoms with Crippen LogP contribution in [0, 0.1) is 0 Å². The molecule has 0 N–H and O–H groups in total. The van der Waals surface area contributed by atoms with E-state index in [9.17, 15) is 0 Å². The molecule has 0 aromatic carbocycles. The quantitative estimate of drug-likeness (QED) is 0.336. The maximum atomic E-state index is 5.60. The second-order valence-corrected chi connectivity index (χ2v) is 7.84. The van der Waals surface area contributed by atoms with Crippen molar-refractivity contribution in [2.75, 3.05) is 34.0 Å². The zero-order valence-corrected chi connectivity index (χ0v) is 11.7. The minimum Gasteiger partial charge on any atom is -0.398 e. The van der Waals surface area contributed by atoms with Crippen molar-refractivity contribution >= 4 is 8.56 Å². The zero-order valence-electron chi connectivity index (χ0n) is 10.7. The SMILES string of the molecule is CCC[Si](CCCOCC1CO1)(OC)OC. The van der Waals surface area contributed by atoms with E-state index in [1.54, 1.807) is 14.2 Å². The van der Waals surface area contributed by atoms with Gasteiger partial charge in [-0.25, -0.2) is 0 Å². The molecule has 1 aliphatic heterocycles. The van der Waals surface area contributed by atoms with Gasteiger partial charge in [0.1, 0.15) is 6.10 Å². The molecule has 1 aliphatic rings. The minimum absolute atomic E-state index is 0.363. The summed E-state index contributed by atoms with van der Waals surface area (Å²) in [6.07, 6.45) is 2.49. The Kier molecular flexibility index (Phi) is 6.53. The van der Waals surface area contributed by atoms with Crippen LogP contribution in [-0.4, -0.2) is 48.7 Å². The molecular weight excluding hydrogens is 224 g/mol. The van der Waals surface area contributed by atoms with E-state index in [0.717, 1.165) is 44.8 Å². The molecule has 0 bridgehead atoms. The van der Waals surface area contributed by atoms with E-state index in [4.69, 9.17) is 18.3 Å². The molecule has 0 aliphatic carbocycles. The predicted molar refractivity (Wildman–Crippen MR) is 64.9 cm³/mol. The second-order valence-electron chi connectivity index (χ2n) is 4.20. The van der Waals surface area contributed by atoms with E-state index < -0.39 is 8.56 Å². The summed E-state index contributed by atoms with van der Waals surface area (Å²) in [6.45, 7) is 4.55. The normalized spacial score (nSPS) is 20.1. The molecule has 1 rings (SSSR count). The standard InChI is InChI=1S/C11H24O4Si/c1-4-7-16(12-2,13-3)8-5-6-14-9-11-10-15-11/h11H,4-10H2,1-3H3. The van der Waals surface area contributed by atoms with Crippen LogP contribution in [0.25, 0.3) is 0 Å². The Morgan fingerprint density at radius 1 is 1.25 bits per heavy atom. The van der Waals surface area contributed by atoms with Crippen LogP contribution in [0.15, 0.2) is 0 Å². The number of ether oxygens (including phenoxy) is 2. The molecule has 16 heavy (non-hydrogen) atoms. The van der Waals surface area contributed by atoms with Crippen molar-refractivity contribution in [2.24, 2.45) is 0 Å². The molecule has 1 saturated heterocycles. The van der Waals surface area contributed by atoms with E-state index >= 15 is 0 Å². The summed E-state index contributed by atoms with van der Waals surface area (Å²) in [5.74, 6) is 0. The molecule has 0 radical (unpaired) electrons. The van der Waals surface area contributed by atoms with Gasteiger partial charge < -0.3 is 18.3 Å². The number of hydrogen-bond donors (Lipinski definition) is 0. The smallest absolute Gasteiger partial charge is 0.337 e. The third-order valence-electron chi connectivity index (χ3n) is 2.93. The Morgan fingerprint density at radius 3 is 2.44 bits per heavy atom. The Hall–Kier alpha value is 0.0569. The van der Waals surface area contributed by atoms with Gasteiger partial charge in [-0.05, 0) is 18.5 Å². The van der Waals surface area contributed by atoms with Crippen molar-refractivity contribution in [3.8, 4) is 0 Å². The molecule has 4 nitrogen and oxygen atoms in total. The maximum Gasteiger partial charge on any atom is 0.337 e. The Balaban J connectivity index is 2.09. The van der Waals surface area contributed by atoms with Gasteiger partial charge in [0.2, 0.25) is 0 Å². The molecule has 5 heteroatoms. The van der Waals surface area contributed by atoms with Crippen molar-refractivity contribution in [3.63, 3.8) is 0 Å². The van der Waals surface area contributed by atoms with E-state index in [1.807, 2.05) is 0 Å². The number of epoxide rings is 1. The van der Waals surface area contributed by atoms with Crippen LogP contribution in [0.4, 0.5) is 0 Å². The highest BCUT2D eigenvalue weighted by molar-refractivity contribution is 6.67. The highest BCUT2D eigenvalue weighted by atomic mass is 28.4. The molecular formula is C11H24O4Si. The summed E-state index contributed by atoms with van der Waals surface area (Å²) in [6, 6.07) is 2.07. The van der Waals surface area contributed by atoms with Crippen molar-refractivity contribution in [2.45, 2.75) is 38.0 Å². The van der Waals surface area contributed by atoms with Gasteiger partial charge in [0.05, 0.1) is 13.2 Å². The predicted octanol–water partition coefficient (Wildman–Crippen LogP) is 1.94. The van der Waals surface area contributed by atoms with Crippen LogP contribution in [0.5, 0.6) is 0 Å². The van der Waals surface area contributed by atoms with Crippen LogP contribution < -0.4 is 0 Å². The van der Waals surface area contributed by atoms with E-state index in [-0.39, 0.29) is 0 Å². The molecule has 1 heterocycles. The molecule has 0 amide bonds. The van der Waals surface area contributed by atoms with E-state index in [2.05, 4.69) is 6.92 Å². The lowest BCUT2D eigenvalue weighted by molar-refractivity contribution is 0.114. The topological polar surface area (TPSA) is 40.2 Å². The lowest BCUT2D eigenvalue weighted by atomic mass is 10.5. The first-order valence-corrected chi connectivity index (χ1v) is 8.29. The van der Waals surface area contributed by atoms with Crippen LogP contribution in [-0.2, 0) is 18.3 Å². The van der Waals surface area contributed by atoms with Crippen LogP contribution >= 0.6 is 0 Å². The van der Waals surface area contributed by atoms with Gasteiger partial charge in [-0.1, -0.05) is 13.3 Å². The van der Waals surface area contributed by atoms with Gasteiger partial charge in [0.25, 0.3) is 0 Å². The first kappa shape index (κ1) is 14.1. The molecule has 0 aromatic rings. The largest absolute Gasteiger partial charge is 0.398 e. The summed E-state index contributed by atoms with van der Waals surface area (Å²) in [5, 5.41) is 0. The van der Waals surface area contributed by atoms with Gasteiger partial charge in [-0.2, -0.15) is 0 Å². The van der Waals surface area contributed by atoms with Crippen LogP contribution in [0.3, 0.4) is 0 Å². The van der Waals surface area contributed by atoms with Crippen LogP contribution in [0.1, 0.15) is 19.8 Å². The fourth-order valence-electron chi connectivity index (χ4n) is 1.82. The molecule has 1 fully saturated rings. The Morgan fingerprint density at radius 2 is 1.94 bits per heavy atom.